The van der Waals surface area contributed by atoms with E-state index in [9.17, 15) is 4.79 Å². The van der Waals surface area contributed by atoms with Gasteiger partial charge >= 0.3 is 0 Å². The summed E-state index contributed by atoms with van der Waals surface area (Å²) in [5.74, 6) is 0.855. The Balaban J connectivity index is 2.11. The van der Waals surface area contributed by atoms with Crippen LogP contribution in [0, 0.1) is 5.92 Å². The Morgan fingerprint density at radius 2 is 1.79 bits per heavy atom. The summed E-state index contributed by atoms with van der Waals surface area (Å²) < 4.78 is 5.27. The number of ether oxygens (including phenoxy) is 1. The third kappa shape index (κ3) is 4.75. The third-order valence-electron chi connectivity index (χ3n) is 3.94. The van der Waals surface area contributed by atoms with Gasteiger partial charge in [0.15, 0.2) is 0 Å². The zero-order chi connectivity index (χ0) is 17.7. The van der Waals surface area contributed by atoms with Crippen molar-refractivity contribution in [1.82, 2.24) is 0 Å². The van der Waals surface area contributed by atoms with Crippen LogP contribution in [0.15, 0.2) is 42.5 Å². The molecule has 1 atom stereocenters. The van der Waals surface area contributed by atoms with Gasteiger partial charge in [-0.1, -0.05) is 49.7 Å². The van der Waals surface area contributed by atoms with Crippen molar-refractivity contribution in [1.29, 1.82) is 0 Å². The van der Waals surface area contributed by atoms with Gasteiger partial charge in [-0.05, 0) is 48.6 Å². The predicted octanol–water partition coefficient (Wildman–Crippen LogP) is 5.29. The number of carbonyl (C=O) groups is 1. The smallest absolute Gasteiger partial charge is 0.231 e. The molecule has 0 aliphatic rings. The Hall–Kier alpha value is -2.00. The summed E-state index contributed by atoms with van der Waals surface area (Å²) in [5.41, 5.74) is 2.86. The van der Waals surface area contributed by atoms with Gasteiger partial charge in [0, 0.05) is 5.02 Å². The summed E-state index contributed by atoms with van der Waals surface area (Å²) in [6.45, 7) is 6.29. The Bertz CT molecular complexity index is 695. The number of methoxy groups -OCH3 is 1. The van der Waals surface area contributed by atoms with Crippen molar-refractivity contribution in [3.8, 4) is 5.75 Å². The van der Waals surface area contributed by atoms with Gasteiger partial charge in [-0.3, -0.25) is 4.79 Å². The third-order valence-corrected chi connectivity index (χ3v) is 4.17. The van der Waals surface area contributed by atoms with E-state index in [1.165, 1.54) is 5.56 Å². The minimum atomic E-state index is -0.262. The molecule has 0 bridgehead atoms. The highest BCUT2D eigenvalue weighted by Crippen LogP contribution is 2.29. The lowest BCUT2D eigenvalue weighted by Crippen LogP contribution is -2.19. The normalized spacial score (nSPS) is 12.1. The SMILES string of the molecule is COc1ccc(Cl)cc1NC(=O)[C@H](C)c1ccc(CC(C)C)cc1. The van der Waals surface area contributed by atoms with Crippen molar-refractivity contribution in [3.63, 3.8) is 0 Å². The highest BCUT2D eigenvalue weighted by Gasteiger charge is 2.17. The van der Waals surface area contributed by atoms with E-state index in [1.807, 2.05) is 19.1 Å². The Labute approximate surface area is 149 Å². The lowest BCUT2D eigenvalue weighted by molar-refractivity contribution is -0.117. The lowest BCUT2D eigenvalue weighted by Gasteiger charge is -2.15. The highest BCUT2D eigenvalue weighted by atomic mass is 35.5. The minimum Gasteiger partial charge on any atom is -0.495 e. The average molecular weight is 346 g/mol. The van der Waals surface area contributed by atoms with Crippen LogP contribution in [0.3, 0.4) is 0 Å². The molecule has 3 nitrogen and oxygen atoms in total. The van der Waals surface area contributed by atoms with Crippen LogP contribution in [0.4, 0.5) is 5.69 Å². The van der Waals surface area contributed by atoms with Crippen molar-refractivity contribution in [3.05, 3.63) is 58.6 Å². The molecule has 2 rings (SSSR count). The molecule has 1 amide bonds. The number of anilines is 1. The van der Waals surface area contributed by atoms with E-state index in [2.05, 4.69) is 31.3 Å². The molecule has 0 fully saturated rings. The molecule has 0 unspecified atom stereocenters. The first-order valence-corrected chi connectivity index (χ1v) is 8.51. The lowest BCUT2D eigenvalue weighted by atomic mass is 9.96. The maximum Gasteiger partial charge on any atom is 0.231 e. The second kappa shape index (κ2) is 8.20. The fourth-order valence-corrected chi connectivity index (χ4v) is 2.76. The van der Waals surface area contributed by atoms with Gasteiger partial charge in [-0.2, -0.15) is 0 Å². The largest absolute Gasteiger partial charge is 0.495 e. The van der Waals surface area contributed by atoms with Crippen LogP contribution in [0.25, 0.3) is 0 Å². The molecule has 4 heteroatoms. The van der Waals surface area contributed by atoms with Gasteiger partial charge in [0.2, 0.25) is 5.91 Å². The number of nitrogens with one attached hydrogen (secondary N) is 1. The van der Waals surface area contributed by atoms with Gasteiger partial charge in [0.1, 0.15) is 5.75 Å². The number of amides is 1. The number of hydrogen-bond donors (Lipinski definition) is 1. The van der Waals surface area contributed by atoms with Crippen molar-refractivity contribution in [2.75, 3.05) is 12.4 Å². The molecule has 2 aromatic rings. The van der Waals surface area contributed by atoms with Crippen LogP contribution in [-0.2, 0) is 11.2 Å². The van der Waals surface area contributed by atoms with Gasteiger partial charge in [0.05, 0.1) is 18.7 Å². The molecule has 0 saturated heterocycles. The van der Waals surface area contributed by atoms with Crippen LogP contribution in [0.1, 0.15) is 37.8 Å². The fourth-order valence-electron chi connectivity index (χ4n) is 2.58. The summed E-state index contributed by atoms with van der Waals surface area (Å²) in [4.78, 5) is 12.5. The van der Waals surface area contributed by atoms with E-state index in [0.29, 0.717) is 22.4 Å². The summed E-state index contributed by atoms with van der Waals surface area (Å²) in [6.07, 6.45) is 1.04. The van der Waals surface area contributed by atoms with Crippen molar-refractivity contribution in [2.45, 2.75) is 33.1 Å². The maximum absolute atomic E-state index is 12.5. The molecule has 2 aromatic carbocycles. The first-order valence-electron chi connectivity index (χ1n) is 8.14. The molecule has 0 aliphatic heterocycles. The van der Waals surface area contributed by atoms with Gasteiger partial charge in [0.25, 0.3) is 0 Å². The summed E-state index contributed by atoms with van der Waals surface area (Å²) in [7, 11) is 1.57. The van der Waals surface area contributed by atoms with E-state index in [-0.39, 0.29) is 11.8 Å². The second-order valence-electron chi connectivity index (χ2n) is 6.40. The van der Waals surface area contributed by atoms with Crippen LogP contribution in [-0.4, -0.2) is 13.0 Å². The molecule has 0 heterocycles. The topological polar surface area (TPSA) is 38.3 Å². The van der Waals surface area contributed by atoms with Gasteiger partial charge in [-0.25, -0.2) is 0 Å². The van der Waals surface area contributed by atoms with Gasteiger partial charge in [-0.15, -0.1) is 0 Å². The number of carbonyl (C=O) groups excluding carboxylic acids is 1. The highest BCUT2D eigenvalue weighted by molar-refractivity contribution is 6.31. The monoisotopic (exact) mass is 345 g/mol. The molecule has 0 saturated carbocycles. The molecule has 24 heavy (non-hydrogen) atoms. The van der Waals surface area contributed by atoms with Crippen LogP contribution >= 0.6 is 11.6 Å². The van der Waals surface area contributed by atoms with E-state index in [0.717, 1.165) is 12.0 Å². The maximum atomic E-state index is 12.5. The van der Waals surface area contributed by atoms with Crippen LogP contribution in [0.5, 0.6) is 5.75 Å². The van der Waals surface area contributed by atoms with Crippen molar-refractivity contribution in [2.24, 2.45) is 5.92 Å². The molecule has 0 spiro atoms. The Morgan fingerprint density at radius 1 is 1.12 bits per heavy atom. The van der Waals surface area contributed by atoms with Crippen LogP contribution < -0.4 is 10.1 Å². The average Bonchev–Trinajstić information content (AvgIpc) is 2.54. The Morgan fingerprint density at radius 3 is 2.38 bits per heavy atom. The predicted molar refractivity (Wildman–Crippen MR) is 100 cm³/mol. The molecule has 0 aliphatic carbocycles. The minimum absolute atomic E-state index is 0.0906. The number of halogens is 1. The molecule has 128 valence electrons. The summed E-state index contributed by atoms with van der Waals surface area (Å²) >= 11 is 6.01. The molecule has 0 aromatic heterocycles. The number of rotatable bonds is 6. The number of hydrogen-bond acceptors (Lipinski definition) is 2. The molecule has 0 radical (unpaired) electrons. The zero-order valence-electron chi connectivity index (χ0n) is 14.6. The molecule has 1 N–H and O–H groups in total. The quantitative estimate of drug-likeness (QED) is 0.772. The fraction of sp³-hybridized carbons (Fsp3) is 0.350. The van der Waals surface area contributed by atoms with E-state index in [1.54, 1.807) is 25.3 Å². The zero-order valence-corrected chi connectivity index (χ0v) is 15.4. The van der Waals surface area contributed by atoms with E-state index in [4.69, 9.17) is 16.3 Å². The second-order valence-corrected chi connectivity index (χ2v) is 6.83. The molecular formula is C20H24ClNO2. The van der Waals surface area contributed by atoms with E-state index < -0.39 is 0 Å². The summed E-state index contributed by atoms with van der Waals surface area (Å²) in [5, 5.41) is 3.45. The van der Waals surface area contributed by atoms with Crippen molar-refractivity contribution < 1.29 is 9.53 Å². The van der Waals surface area contributed by atoms with Crippen LogP contribution in [0.2, 0.25) is 5.02 Å². The first-order chi connectivity index (χ1) is 11.4. The molecular weight excluding hydrogens is 322 g/mol. The first kappa shape index (κ1) is 18.3. The van der Waals surface area contributed by atoms with Crippen molar-refractivity contribution >= 4 is 23.2 Å². The summed E-state index contributed by atoms with van der Waals surface area (Å²) in [6, 6.07) is 13.4. The Kier molecular flexibility index (Phi) is 6.27. The number of benzene rings is 2. The standard InChI is InChI=1S/C20H24ClNO2/c1-13(2)11-15-5-7-16(8-6-15)14(3)20(23)22-18-12-17(21)9-10-19(18)24-4/h5-10,12-14H,11H2,1-4H3,(H,22,23)/t14-/m1/s1. The van der Waals surface area contributed by atoms with Gasteiger partial charge < -0.3 is 10.1 Å². The van der Waals surface area contributed by atoms with E-state index >= 15 is 0 Å².